The van der Waals surface area contributed by atoms with Crippen molar-refractivity contribution in [2.24, 2.45) is 5.92 Å². The highest BCUT2D eigenvalue weighted by molar-refractivity contribution is 5.85. The Labute approximate surface area is 137 Å². The fourth-order valence-corrected chi connectivity index (χ4v) is 2.09. The number of carbonyl (C=O) groups is 1. The number of halogens is 2. The molecule has 122 valence electrons. The van der Waals surface area contributed by atoms with Crippen molar-refractivity contribution in [2.45, 2.75) is 33.0 Å². The van der Waals surface area contributed by atoms with Crippen molar-refractivity contribution in [3.63, 3.8) is 0 Å². The lowest BCUT2D eigenvalue weighted by Crippen LogP contribution is -2.51. The van der Waals surface area contributed by atoms with E-state index in [4.69, 9.17) is 4.74 Å². The first-order valence-electron chi connectivity index (χ1n) is 6.75. The Morgan fingerprint density at radius 3 is 2.95 bits per heavy atom. The quantitative estimate of drug-likeness (QED) is 0.839. The van der Waals surface area contributed by atoms with Gasteiger partial charge in [-0.05, 0) is 5.92 Å². The number of aromatic nitrogens is 2. The van der Waals surface area contributed by atoms with Crippen LogP contribution in [0.1, 0.15) is 19.7 Å². The van der Waals surface area contributed by atoms with E-state index in [-0.39, 0.29) is 36.8 Å². The monoisotopic (exact) mass is 338 g/mol. The third-order valence-electron chi connectivity index (χ3n) is 3.02. The maximum Gasteiger partial charge on any atom is 0.239 e. The van der Waals surface area contributed by atoms with Gasteiger partial charge in [0.2, 0.25) is 5.91 Å². The third-order valence-corrected chi connectivity index (χ3v) is 3.02. The molecule has 1 saturated heterocycles. The highest BCUT2D eigenvalue weighted by atomic mass is 35.5. The smallest absolute Gasteiger partial charge is 0.239 e. The first-order chi connectivity index (χ1) is 9.16. The molecule has 2 rings (SSSR count). The molecule has 2 heterocycles. The van der Waals surface area contributed by atoms with Crippen LogP contribution in [0.25, 0.3) is 0 Å². The zero-order chi connectivity index (χ0) is 13.7. The van der Waals surface area contributed by atoms with Crippen molar-refractivity contribution in [2.75, 3.05) is 19.8 Å². The Kier molecular flexibility index (Phi) is 9.61. The SMILES string of the molecule is CC(C)Cn1ccnc1CNC(=O)C1COCCN1.Cl.Cl. The second kappa shape index (κ2) is 10.00. The van der Waals surface area contributed by atoms with Crippen LogP contribution in [0.4, 0.5) is 0 Å². The Balaban J connectivity index is 0.00000200. The van der Waals surface area contributed by atoms with Crippen LogP contribution < -0.4 is 10.6 Å². The molecule has 0 spiro atoms. The Bertz CT molecular complexity index is 420. The summed E-state index contributed by atoms with van der Waals surface area (Å²) in [5.41, 5.74) is 0. The molecule has 1 aromatic heterocycles. The fourth-order valence-electron chi connectivity index (χ4n) is 2.09. The highest BCUT2D eigenvalue weighted by Crippen LogP contribution is 2.03. The van der Waals surface area contributed by atoms with Gasteiger partial charge in [-0.25, -0.2) is 4.98 Å². The number of amides is 1. The summed E-state index contributed by atoms with van der Waals surface area (Å²) in [5, 5.41) is 6.04. The van der Waals surface area contributed by atoms with Gasteiger partial charge in [-0.3, -0.25) is 4.79 Å². The van der Waals surface area contributed by atoms with Crippen molar-refractivity contribution >= 4 is 30.7 Å². The van der Waals surface area contributed by atoms with Gasteiger partial charge in [0.15, 0.2) is 0 Å². The molecule has 0 saturated carbocycles. The van der Waals surface area contributed by atoms with Crippen LogP contribution in [-0.2, 0) is 22.6 Å². The summed E-state index contributed by atoms with van der Waals surface area (Å²) in [4.78, 5) is 16.2. The number of hydrogen-bond donors (Lipinski definition) is 2. The number of hydrogen-bond acceptors (Lipinski definition) is 4. The van der Waals surface area contributed by atoms with Gasteiger partial charge in [0, 0.05) is 25.5 Å². The number of rotatable bonds is 5. The fraction of sp³-hybridized carbons (Fsp3) is 0.692. The average Bonchev–Trinajstić information content (AvgIpc) is 2.83. The van der Waals surface area contributed by atoms with E-state index in [2.05, 4.69) is 34.0 Å². The van der Waals surface area contributed by atoms with Crippen LogP contribution >= 0.6 is 24.8 Å². The maximum absolute atomic E-state index is 11.9. The van der Waals surface area contributed by atoms with E-state index in [0.717, 1.165) is 18.9 Å². The molecular formula is C13H24Cl2N4O2. The van der Waals surface area contributed by atoms with Gasteiger partial charge in [0.25, 0.3) is 0 Å². The zero-order valence-electron chi connectivity index (χ0n) is 12.4. The van der Waals surface area contributed by atoms with Gasteiger partial charge in [0.1, 0.15) is 11.9 Å². The standard InChI is InChI=1S/C13H22N4O2.2ClH/c1-10(2)8-17-5-3-15-12(17)7-16-13(18)11-9-19-6-4-14-11;;/h3,5,10-11,14H,4,6-9H2,1-2H3,(H,16,18);2*1H. The molecule has 8 heteroatoms. The Hall–Kier alpha value is -0.820. The van der Waals surface area contributed by atoms with Gasteiger partial charge >= 0.3 is 0 Å². The van der Waals surface area contributed by atoms with E-state index in [0.29, 0.717) is 25.7 Å². The molecule has 0 radical (unpaired) electrons. The van der Waals surface area contributed by atoms with Gasteiger partial charge in [0.05, 0.1) is 19.8 Å². The van der Waals surface area contributed by atoms with Gasteiger partial charge < -0.3 is 19.9 Å². The molecule has 21 heavy (non-hydrogen) atoms. The molecule has 1 aliphatic rings. The minimum absolute atomic E-state index is 0. The van der Waals surface area contributed by atoms with E-state index in [1.54, 1.807) is 6.20 Å². The predicted molar refractivity (Wildman–Crippen MR) is 86.0 cm³/mol. The molecule has 1 aliphatic heterocycles. The lowest BCUT2D eigenvalue weighted by Gasteiger charge is -2.22. The summed E-state index contributed by atoms with van der Waals surface area (Å²) >= 11 is 0. The van der Waals surface area contributed by atoms with Gasteiger partial charge in [-0.15, -0.1) is 24.8 Å². The van der Waals surface area contributed by atoms with Gasteiger partial charge in [-0.2, -0.15) is 0 Å². The van der Waals surface area contributed by atoms with Crippen molar-refractivity contribution in [3.8, 4) is 0 Å². The summed E-state index contributed by atoms with van der Waals surface area (Å²) in [6, 6.07) is -0.248. The number of nitrogens with one attached hydrogen (secondary N) is 2. The number of carbonyl (C=O) groups excluding carboxylic acids is 1. The van der Waals surface area contributed by atoms with E-state index in [9.17, 15) is 4.79 Å². The maximum atomic E-state index is 11.9. The lowest BCUT2D eigenvalue weighted by molar-refractivity contribution is -0.126. The number of nitrogens with zero attached hydrogens (tertiary/aromatic N) is 2. The minimum Gasteiger partial charge on any atom is -0.378 e. The molecule has 1 aromatic rings. The van der Waals surface area contributed by atoms with Crippen LogP contribution in [0.2, 0.25) is 0 Å². The van der Waals surface area contributed by atoms with Crippen LogP contribution in [0.3, 0.4) is 0 Å². The highest BCUT2D eigenvalue weighted by Gasteiger charge is 2.21. The topological polar surface area (TPSA) is 68.2 Å². The summed E-state index contributed by atoms with van der Waals surface area (Å²) in [6.07, 6.45) is 3.72. The molecule has 6 nitrogen and oxygen atoms in total. The molecule has 0 aromatic carbocycles. The molecular weight excluding hydrogens is 315 g/mol. The molecule has 1 fully saturated rings. The molecule has 0 aliphatic carbocycles. The summed E-state index contributed by atoms with van der Waals surface area (Å²) in [5.74, 6) is 1.41. The second-order valence-electron chi connectivity index (χ2n) is 5.19. The zero-order valence-corrected chi connectivity index (χ0v) is 14.0. The first kappa shape index (κ1) is 20.2. The van der Waals surface area contributed by atoms with Gasteiger partial charge in [-0.1, -0.05) is 13.8 Å². The largest absolute Gasteiger partial charge is 0.378 e. The van der Waals surface area contributed by atoms with Crippen LogP contribution in [-0.4, -0.2) is 41.3 Å². The normalized spacial score (nSPS) is 17.8. The first-order valence-corrected chi connectivity index (χ1v) is 6.75. The molecule has 1 amide bonds. The van der Waals surface area contributed by atoms with Crippen LogP contribution in [0, 0.1) is 5.92 Å². The van der Waals surface area contributed by atoms with Crippen molar-refractivity contribution in [3.05, 3.63) is 18.2 Å². The number of imidazole rings is 1. The predicted octanol–water partition coefficient (Wildman–Crippen LogP) is 0.987. The van der Waals surface area contributed by atoms with Crippen molar-refractivity contribution in [1.29, 1.82) is 0 Å². The third kappa shape index (κ3) is 6.22. The molecule has 1 unspecified atom stereocenters. The molecule has 1 atom stereocenters. The number of morpholine rings is 1. The second-order valence-corrected chi connectivity index (χ2v) is 5.19. The van der Waals surface area contributed by atoms with Crippen LogP contribution in [0.15, 0.2) is 12.4 Å². The number of ether oxygens (including phenoxy) is 1. The van der Waals surface area contributed by atoms with Crippen LogP contribution in [0.5, 0.6) is 0 Å². The lowest BCUT2D eigenvalue weighted by atomic mass is 10.2. The van der Waals surface area contributed by atoms with Crippen molar-refractivity contribution in [1.82, 2.24) is 20.2 Å². The van der Waals surface area contributed by atoms with E-state index < -0.39 is 0 Å². The summed E-state index contributed by atoms with van der Waals surface area (Å²) in [7, 11) is 0. The van der Waals surface area contributed by atoms with E-state index in [1.165, 1.54) is 0 Å². The van der Waals surface area contributed by atoms with Crippen molar-refractivity contribution < 1.29 is 9.53 Å². The average molecular weight is 339 g/mol. The Morgan fingerprint density at radius 1 is 1.57 bits per heavy atom. The molecule has 0 bridgehead atoms. The van der Waals surface area contributed by atoms with E-state index >= 15 is 0 Å². The Morgan fingerprint density at radius 2 is 2.33 bits per heavy atom. The minimum atomic E-state index is -0.248. The summed E-state index contributed by atoms with van der Waals surface area (Å²) < 4.78 is 7.35. The summed E-state index contributed by atoms with van der Waals surface area (Å²) in [6.45, 7) is 7.51. The van der Waals surface area contributed by atoms with E-state index in [1.807, 2.05) is 6.20 Å². The molecule has 2 N–H and O–H groups in total.